The molecule has 1 saturated heterocycles. The Hall–Kier alpha value is -2.55. The molecule has 2 heterocycles. The van der Waals surface area contributed by atoms with Crippen molar-refractivity contribution < 1.29 is 19.1 Å². The van der Waals surface area contributed by atoms with Gasteiger partial charge in [-0.05, 0) is 61.7 Å². The van der Waals surface area contributed by atoms with Crippen LogP contribution in [-0.4, -0.2) is 48.8 Å². The minimum Gasteiger partial charge on any atom is -0.496 e. The SMILES string of the molecule is COc1cc2c(N3CCC[C@H](OC(=O)NC(C)(C)C)C3)ncc(Br)c2cc1C(N)=O. The van der Waals surface area contributed by atoms with Crippen LogP contribution in [0.3, 0.4) is 0 Å². The van der Waals surface area contributed by atoms with E-state index in [-0.39, 0.29) is 11.6 Å². The van der Waals surface area contributed by atoms with Gasteiger partial charge in [0.1, 0.15) is 17.7 Å². The highest BCUT2D eigenvalue weighted by Crippen LogP contribution is 2.36. The van der Waals surface area contributed by atoms with E-state index in [1.165, 1.54) is 7.11 Å². The number of fused-ring (bicyclic) bond motifs is 1. The minimum atomic E-state index is -0.560. The number of hydrogen-bond acceptors (Lipinski definition) is 6. The van der Waals surface area contributed by atoms with Crippen molar-refractivity contribution >= 4 is 44.5 Å². The zero-order valence-corrected chi connectivity index (χ0v) is 19.2. The molecule has 0 bridgehead atoms. The highest BCUT2D eigenvalue weighted by Gasteiger charge is 2.27. The van der Waals surface area contributed by atoms with E-state index in [0.29, 0.717) is 17.9 Å². The van der Waals surface area contributed by atoms with Crippen molar-refractivity contribution in [3.05, 3.63) is 28.4 Å². The number of benzene rings is 1. The van der Waals surface area contributed by atoms with Gasteiger partial charge in [-0.15, -0.1) is 0 Å². The fraction of sp³-hybridized carbons (Fsp3) is 0.476. The Balaban J connectivity index is 1.91. The molecule has 1 aromatic heterocycles. The van der Waals surface area contributed by atoms with Gasteiger partial charge in [0.25, 0.3) is 5.91 Å². The van der Waals surface area contributed by atoms with Crippen molar-refractivity contribution in [2.45, 2.75) is 45.3 Å². The number of methoxy groups -OCH3 is 1. The number of carbonyl (C=O) groups is 2. The summed E-state index contributed by atoms with van der Waals surface area (Å²) in [4.78, 5) is 30.7. The second-order valence-corrected chi connectivity index (χ2v) is 9.24. The van der Waals surface area contributed by atoms with Crippen LogP contribution in [0.5, 0.6) is 5.75 Å². The van der Waals surface area contributed by atoms with E-state index in [4.69, 9.17) is 15.2 Å². The summed E-state index contributed by atoms with van der Waals surface area (Å²) in [5.74, 6) is 0.577. The maximum absolute atomic E-state index is 12.2. The van der Waals surface area contributed by atoms with Crippen molar-refractivity contribution in [1.82, 2.24) is 10.3 Å². The summed E-state index contributed by atoms with van der Waals surface area (Å²) in [6, 6.07) is 3.49. The Morgan fingerprint density at radius 3 is 2.67 bits per heavy atom. The number of amides is 2. The molecule has 3 N–H and O–H groups in total. The highest BCUT2D eigenvalue weighted by atomic mass is 79.9. The molecule has 9 heteroatoms. The minimum absolute atomic E-state index is 0.242. The number of alkyl carbamates (subject to hydrolysis) is 1. The molecule has 1 aromatic carbocycles. The maximum atomic E-state index is 12.2. The fourth-order valence-corrected chi connectivity index (χ4v) is 3.98. The molecule has 0 radical (unpaired) electrons. The van der Waals surface area contributed by atoms with Gasteiger partial charge in [0.2, 0.25) is 0 Å². The van der Waals surface area contributed by atoms with Crippen LogP contribution < -0.4 is 20.7 Å². The quantitative estimate of drug-likeness (QED) is 0.694. The van der Waals surface area contributed by atoms with Crippen molar-refractivity contribution in [2.75, 3.05) is 25.1 Å². The lowest BCUT2D eigenvalue weighted by Crippen LogP contribution is -2.46. The summed E-state index contributed by atoms with van der Waals surface area (Å²) in [5, 5.41) is 4.46. The molecule has 2 aromatic rings. The number of hydrogen-bond donors (Lipinski definition) is 2. The monoisotopic (exact) mass is 478 g/mol. The number of nitrogens with one attached hydrogen (secondary N) is 1. The number of ether oxygens (including phenoxy) is 2. The highest BCUT2D eigenvalue weighted by molar-refractivity contribution is 9.10. The van der Waals surface area contributed by atoms with E-state index >= 15 is 0 Å². The van der Waals surface area contributed by atoms with Crippen LogP contribution in [0.2, 0.25) is 0 Å². The number of nitrogens with two attached hydrogens (primary N) is 1. The summed E-state index contributed by atoms with van der Waals surface area (Å²) in [7, 11) is 1.50. The predicted molar refractivity (Wildman–Crippen MR) is 119 cm³/mol. The molecule has 1 fully saturated rings. The predicted octanol–water partition coefficient (Wildman–Crippen LogP) is 3.60. The van der Waals surface area contributed by atoms with Crippen LogP contribution in [0.25, 0.3) is 10.8 Å². The molecular formula is C21H27BrN4O4. The van der Waals surface area contributed by atoms with Crippen LogP contribution in [0.4, 0.5) is 10.6 Å². The van der Waals surface area contributed by atoms with E-state index in [1.54, 1.807) is 18.3 Å². The van der Waals surface area contributed by atoms with Gasteiger partial charge in [-0.1, -0.05) is 0 Å². The number of carbonyl (C=O) groups excluding carboxylic acids is 2. The van der Waals surface area contributed by atoms with Gasteiger partial charge in [0.15, 0.2) is 0 Å². The number of nitrogens with zero attached hydrogens (tertiary/aromatic N) is 2. The van der Waals surface area contributed by atoms with Crippen LogP contribution >= 0.6 is 15.9 Å². The van der Waals surface area contributed by atoms with Gasteiger partial charge < -0.3 is 25.4 Å². The average Bonchev–Trinajstić information content (AvgIpc) is 2.66. The smallest absolute Gasteiger partial charge is 0.407 e. The molecule has 0 unspecified atom stereocenters. The Morgan fingerprint density at radius 2 is 2.03 bits per heavy atom. The number of primary amides is 1. The zero-order chi connectivity index (χ0) is 22.1. The summed E-state index contributed by atoms with van der Waals surface area (Å²) < 4.78 is 11.8. The number of aromatic nitrogens is 1. The van der Waals surface area contributed by atoms with E-state index in [0.717, 1.165) is 40.4 Å². The largest absolute Gasteiger partial charge is 0.496 e. The third kappa shape index (κ3) is 4.95. The summed E-state index contributed by atoms with van der Waals surface area (Å²) >= 11 is 3.51. The molecule has 1 atom stereocenters. The van der Waals surface area contributed by atoms with Crippen molar-refractivity contribution in [3.8, 4) is 5.75 Å². The first-order valence-corrected chi connectivity index (χ1v) is 10.6. The molecule has 1 aliphatic rings. The Labute approximate surface area is 184 Å². The Bertz CT molecular complexity index is 974. The number of rotatable bonds is 4. The number of halogens is 1. The van der Waals surface area contributed by atoms with Crippen LogP contribution in [0.1, 0.15) is 44.0 Å². The first-order chi connectivity index (χ1) is 14.1. The normalized spacial score (nSPS) is 17.0. The number of anilines is 1. The number of pyridine rings is 1. The average molecular weight is 479 g/mol. The molecule has 3 rings (SSSR count). The van der Waals surface area contributed by atoms with Gasteiger partial charge >= 0.3 is 6.09 Å². The Kier molecular flexibility index (Phi) is 6.40. The molecular weight excluding hydrogens is 452 g/mol. The molecule has 2 amide bonds. The van der Waals surface area contributed by atoms with E-state index in [9.17, 15) is 9.59 Å². The Morgan fingerprint density at radius 1 is 1.30 bits per heavy atom. The second-order valence-electron chi connectivity index (χ2n) is 8.38. The fourth-order valence-electron chi connectivity index (χ4n) is 3.55. The first kappa shape index (κ1) is 22.1. The summed E-state index contributed by atoms with van der Waals surface area (Å²) in [5.41, 5.74) is 5.46. The maximum Gasteiger partial charge on any atom is 0.407 e. The lowest BCUT2D eigenvalue weighted by Gasteiger charge is -2.34. The topological polar surface area (TPSA) is 107 Å². The third-order valence-electron chi connectivity index (χ3n) is 4.83. The lowest BCUT2D eigenvalue weighted by molar-refractivity contribution is 0.0825. The molecule has 30 heavy (non-hydrogen) atoms. The first-order valence-electron chi connectivity index (χ1n) is 9.79. The van der Waals surface area contributed by atoms with Gasteiger partial charge in [0, 0.05) is 33.5 Å². The van der Waals surface area contributed by atoms with Crippen LogP contribution in [0, 0.1) is 0 Å². The summed E-state index contributed by atoms with van der Waals surface area (Å²) in [6.07, 6.45) is 2.69. The van der Waals surface area contributed by atoms with E-state index in [1.807, 2.05) is 20.8 Å². The van der Waals surface area contributed by atoms with Crippen molar-refractivity contribution in [1.29, 1.82) is 0 Å². The summed E-state index contributed by atoms with van der Waals surface area (Å²) in [6.45, 7) is 7.04. The van der Waals surface area contributed by atoms with Crippen LogP contribution in [0.15, 0.2) is 22.8 Å². The van der Waals surface area contributed by atoms with Gasteiger partial charge in [-0.3, -0.25) is 4.79 Å². The zero-order valence-electron chi connectivity index (χ0n) is 17.6. The second kappa shape index (κ2) is 8.67. The van der Waals surface area contributed by atoms with Gasteiger partial charge in [-0.2, -0.15) is 0 Å². The molecule has 0 aliphatic carbocycles. The van der Waals surface area contributed by atoms with E-state index < -0.39 is 12.0 Å². The molecule has 8 nitrogen and oxygen atoms in total. The standard InChI is InChI=1S/C21H27BrN4O4/c1-21(2,3)25-20(28)30-12-6-5-7-26(11-12)19-14-9-17(29-4)15(18(23)27)8-13(14)16(22)10-24-19/h8-10,12H,5-7,11H2,1-4H3,(H2,23,27)(H,25,28)/t12-/m0/s1. The number of piperidine rings is 1. The molecule has 0 spiro atoms. The van der Waals surface area contributed by atoms with Crippen molar-refractivity contribution in [2.24, 2.45) is 5.73 Å². The lowest BCUT2D eigenvalue weighted by atomic mass is 10.0. The van der Waals surface area contributed by atoms with Crippen LogP contribution in [-0.2, 0) is 4.74 Å². The van der Waals surface area contributed by atoms with Crippen molar-refractivity contribution in [3.63, 3.8) is 0 Å². The van der Waals surface area contributed by atoms with E-state index in [2.05, 4.69) is 31.1 Å². The van der Waals surface area contributed by atoms with Gasteiger partial charge in [-0.25, -0.2) is 9.78 Å². The molecule has 162 valence electrons. The van der Waals surface area contributed by atoms with Gasteiger partial charge in [0.05, 0.1) is 19.2 Å². The third-order valence-corrected chi connectivity index (χ3v) is 5.46. The molecule has 0 saturated carbocycles. The molecule has 1 aliphatic heterocycles.